The van der Waals surface area contributed by atoms with Crippen LogP contribution in [0.1, 0.15) is 38.5 Å². The number of halogens is 2. The summed E-state index contributed by atoms with van der Waals surface area (Å²) in [6.07, 6.45) is 3.44. The van der Waals surface area contributed by atoms with Gasteiger partial charge in [0.15, 0.2) is 0 Å². The third-order valence-electron chi connectivity index (χ3n) is 4.29. The van der Waals surface area contributed by atoms with Crippen molar-refractivity contribution in [2.75, 3.05) is 20.1 Å². The normalized spacial score (nSPS) is 32.3. The third-order valence-corrected chi connectivity index (χ3v) is 4.29. The number of carbonyl (C=O) groups is 1. The average molecular weight is 260 g/mol. The van der Waals surface area contributed by atoms with Gasteiger partial charge >= 0.3 is 0 Å². The molecule has 104 valence electrons. The van der Waals surface area contributed by atoms with Gasteiger partial charge in [0.25, 0.3) is 5.92 Å². The van der Waals surface area contributed by atoms with Gasteiger partial charge in [-0.25, -0.2) is 8.78 Å². The minimum Gasteiger partial charge on any atom is -0.342 e. The molecule has 0 radical (unpaired) electrons. The molecule has 0 spiro atoms. The van der Waals surface area contributed by atoms with Crippen LogP contribution < -0.4 is 5.32 Å². The monoisotopic (exact) mass is 260 g/mol. The molecule has 1 heterocycles. The number of amides is 1. The van der Waals surface area contributed by atoms with Crippen LogP contribution >= 0.6 is 0 Å². The highest BCUT2D eigenvalue weighted by Crippen LogP contribution is 2.31. The van der Waals surface area contributed by atoms with Gasteiger partial charge in [-0.1, -0.05) is 0 Å². The topological polar surface area (TPSA) is 32.3 Å². The van der Waals surface area contributed by atoms with Gasteiger partial charge in [-0.05, 0) is 32.7 Å². The number of hydrogen-bond donors (Lipinski definition) is 1. The Hall–Kier alpha value is -0.710. The van der Waals surface area contributed by atoms with Crippen LogP contribution in [-0.4, -0.2) is 42.9 Å². The van der Waals surface area contributed by atoms with E-state index in [0.29, 0.717) is 6.04 Å². The van der Waals surface area contributed by atoms with E-state index in [4.69, 9.17) is 0 Å². The molecule has 1 amide bonds. The fourth-order valence-electron chi connectivity index (χ4n) is 2.94. The van der Waals surface area contributed by atoms with Crippen molar-refractivity contribution in [3.05, 3.63) is 0 Å². The molecule has 1 saturated heterocycles. The Labute approximate surface area is 107 Å². The fraction of sp³-hybridized carbons (Fsp3) is 0.923. The van der Waals surface area contributed by atoms with Crippen molar-refractivity contribution in [2.24, 2.45) is 5.92 Å². The molecule has 1 aliphatic carbocycles. The Morgan fingerprint density at radius 2 is 1.72 bits per heavy atom. The van der Waals surface area contributed by atoms with Crippen molar-refractivity contribution in [3.63, 3.8) is 0 Å². The molecule has 2 aliphatic rings. The summed E-state index contributed by atoms with van der Waals surface area (Å²) in [6.45, 7) is 0.440. The van der Waals surface area contributed by atoms with Gasteiger partial charge in [0.2, 0.25) is 5.91 Å². The number of nitrogens with one attached hydrogen (secondary N) is 1. The number of alkyl halides is 2. The van der Waals surface area contributed by atoms with E-state index in [2.05, 4.69) is 5.32 Å². The zero-order chi connectivity index (χ0) is 13.2. The molecule has 0 atom stereocenters. The van der Waals surface area contributed by atoms with Crippen LogP contribution in [0.15, 0.2) is 0 Å². The maximum Gasteiger partial charge on any atom is 0.251 e. The van der Waals surface area contributed by atoms with Crippen LogP contribution in [0.25, 0.3) is 0 Å². The summed E-state index contributed by atoms with van der Waals surface area (Å²) in [7, 11) is 1.94. The molecule has 0 aromatic heterocycles. The lowest BCUT2D eigenvalue weighted by molar-refractivity contribution is -0.142. The van der Waals surface area contributed by atoms with Gasteiger partial charge in [-0.2, -0.15) is 0 Å². The molecule has 0 aromatic rings. The lowest BCUT2D eigenvalue weighted by Crippen LogP contribution is -2.46. The first-order valence-corrected chi connectivity index (χ1v) is 6.86. The SMILES string of the molecule is CNC1CCC(C(=O)N2CCC(F)(F)CC2)CC1. The molecule has 0 unspecified atom stereocenters. The molecule has 1 N–H and O–H groups in total. The zero-order valence-corrected chi connectivity index (χ0v) is 10.9. The molecule has 18 heavy (non-hydrogen) atoms. The third kappa shape index (κ3) is 3.19. The van der Waals surface area contributed by atoms with Crippen LogP contribution in [0.4, 0.5) is 8.78 Å². The van der Waals surface area contributed by atoms with E-state index in [9.17, 15) is 13.6 Å². The van der Waals surface area contributed by atoms with Crippen molar-refractivity contribution in [3.8, 4) is 0 Å². The van der Waals surface area contributed by atoms with E-state index in [1.54, 1.807) is 4.90 Å². The summed E-state index contributed by atoms with van der Waals surface area (Å²) < 4.78 is 26.1. The van der Waals surface area contributed by atoms with Crippen molar-refractivity contribution in [1.29, 1.82) is 0 Å². The second-order valence-electron chi connectivity index (χ2n) is 5.52. The highest BCUT2D eigenvalue weighted by Gasteiger charge is 2.37. The van der Waals surface area contributed by atoms with Crippen molar-refractivity contribution < 1.29 is 13.6 Å². The lowest BCUT2D eigenvalue weighted by atomic mass is 9.85. The molecule has 2 fully saturated rings. The predicted octanol–water partition coefficient (Wildman–Crippen LogP) is 2.02. The molecule has 1 aliphatic heterocycles. The fourth-order valence-corrected chi connectivity index (χ4v) is 2.94. The van der Waals surface area contributed by atoms with E-state index in [-0.39, 0.29) is 37.8 Å². The van der Waals surface area contributed by atoms with Crippen LogP contribution in [0.2, 0.25) is 0 Å². The van der Waals surface area contributed by atoms with Crippen LogP contribution in [0, 0.1) is 5.92 Å². The summed E-state index contributed by atoms with van der Waals surface area (Å²) in [5.41, 5.74) is 0. The smallest absolute Gasteiger partial charge is 0.251 e. The number of likely N-dealkylation sites (tertiary alicyclic amines) is 1. The molecule has 5 heteroatoms. The first kappa shape index (κ1) is 13.7. The Kier molecular flexibility index (Phi) is 4.20. The van der Waals surface area contributed by atoms with Gasteiger partial charge in [0.1, 0.15) is 0 Å². The first-order valence-electron chi connectivity index (χ1n) is 6.86. The van der Waals surface area contributed by atoms with Crippen molar-refractivity contribution in [1.82, 2.24) is 10.2 Å². The quantitative estimate of drug-likeness (QED) is 0.824. The summed E-state index contributed by atoms with van der Waals surface area (Å²) >= 11 is 0. The van der Waals surface area contributed by atoms with Gasteiger partial charge in [0.05, 0.1) is 0 Å². The number of carbonyl (C=O) groups excluding carboxylic acids is 1. The molecule has 0 aromatic carbocycles. The second-order valence-corrected chi connectivity index (χ2v) is 5.52. The van der Waals surface area contributed by atoms with E-state index in [1.165, 1.54) is 0 Å². The Morgan fingerprint density at radius 1 is 1.17 bits per heavy atom. The molecule has 1 saturated carbocycles. The Bertz CT molecular complexity index is 291. The molecular weight excluding hydrogens is 238 g/mol. The lowest BCUT2D eigenvalue weighted by Gasteiger charge is -2.36. The number of piperidine rings is 1. The van der Waals surface area contributed by atoms with Crippen LogP contribution in [0.3, 0.4) is 0 Å². The van der Waals surface area contributed by atoms with E-state index >= 15 is 0 Å². The van der Waals surface area contributed by atoms with E-state index in [1.807, 2.05) is 7.05 Å². The Balaban J connectivity index is 1.82. The van der Waals surface area contributed by atoms with Gasteiger partial charge < -0.3 is 10.2 Å². The largest absolute Gasteiger partial charge is 0.342 e. The number of hydrogen-bond acceptors (Lipinski definition) is 2. The Morgan fingerprint density at radius 3 is 2.22 bits per heavy atom. The summed E-state index contributed by atoms with van der Waals surface area (Å²) in [4.78, 5) is 13.9. The molecule has 3 nitrogen and oxygen atoms in total. The molecule has 0 bridgehead atoms. The maximum absolute atomic E-state index is 13.0. The van der Waals surface area contributed by atoms with E-state index in [0.717, 1.165) is 25.7 Å². The predicted molar refractivity (Wildman–Crippen MR) is 65.6 cm³/mol. The molecular formula is C13H22F2N2O. The average Bonchev–Trinajstić information content (AvgIpc) is 2.38. The van der Waals surface area contributed by atoms with Gasteiger partial charge in [0, 0.05) is 37.9 Å². The standard InChI is InChI=1S/C13H22F2N2O/c1-16-11-4-2-10(3-5-11)12(18)17-8-6-13(14,15)7-9-17/h10-11,16H,2-9H2,1H3. The summed E-state index contributed by atoms with van der Waals surface area (Å²) in [5, 5.41) is 3.23. The minimum absolute atomic E-state index is 0.0568. The summed E-state index contributed by atoms with van der Waals surface area (Å²) in [6, 6.07) is 0.514. The van der Waals surface area contributed by atoms with Crippen LogP contribution in [0.5, 0.6) is 0 Å². The minimum atomic E-state index is -2.57. The van der Waals surface area contributed by atoms with Crippen molar-refractivity contribution >= 4 is 5.91 Å². The maximum atomic E-state index is 13.0. The van der Waals surface area contributed by atoms with Crippen LogP contribution in [-0.2, 0) is 4.79 Å². The second kappa shape index (κ2) is 5.51. The number of rotatable bonds is 2. The van der Waals surface area contributed by atoms with Crippen molar-refractivity contribution in [2.45, 2.75) is 50.5 Å². The van der Waals surface area contributed by atoms with Gasteiger partial charge in [-0.15, -0.1) is 0 Å². The van der Waals surface area contributed by atoms with E-state index < -0.39 is 5.92 Å². The first-order chi connectivity index (χ1) is 8.52. The highest BCUT2D eigenvalue weighted by atomic mass is 19.3. The number of nitrogens with zero attached hydrogens (tertiary/aromatic N) is 1. The van der Waals surface area contributed by atoms with Gasteiger partial charge in [-0.3, -0.25) is 4.79 Å². The highest BCUT2D eigenvalue weighted by molar-refractivity contribution is 5.79. The zero-order valence-electron chi connectivity index (χ0n) is 10.9. The molecule has 2 rings (SSSR count). The summed E-state index contributed by atoms with van der Waals surface area (Å²) in [5.74, 6) is -2.41.